The summed E-state index contributed by atoms with van der Waals surface area (Å²) < 4.78 is 45.0. The van der Waals surface area contributed by atoms with Crippen LogP contribution in [0.15, 0.2) is 53.4 Å². The molecule has 0 saturated carbocycles. The summed E-state index contributed by atoms with van der Waals surface area (Å²) in [6.07, 6.45) is -0.568. The average molecular weight is 451 g/mol. The summed E-state index contributed by atoms with van der Waals surface area (Å²) in [5.41, 5.74) is 0.106. The molecule has 31 heavy (non-hydrogen) atoms. The fourth-order valence-electron chi connectivity index (χ4n) is 4.44. The normalized spacial score (nSPS) is 19.6. The van der Waals surface area contributed by atoms with Gasteiger partial charge in [-0.2, -0.15) is 13.2 Å². The van der Waals surface area contributed by atoms with Gasteiger partial charge >= 0.3 is 6.18 Å². The van der Waals surface area contributed by atoms with Crippen molar-refractivity contribution in [1.29, 1.82) is 0 Å². The first-order valence-electron chi connectivity index (χ1n) is 10.3. The van der Waals surface area contributed by atoms with E-state index in [0.29, 0.717) is 18.1 Å². The van der Waals surface area contributed by atoms with Gasteiger partial charge < -0.3 is 10.1 Å². The lowest BCUT2D eigenvalue weighted by molar-refractivity contribution is -0.150. The van der Waals surface area contributed by atoms with Crippen LogP contribution in [-0.2, 0) is 10.9 Å². The van der Waals surface area contributed by atoms with E-state index >= 15 is 0 Å². The van der Waals surface area contributed by atoms with E-state index in [1.165, 1.54) is 6.07 Å². The molecule has 8 heteroatoms. The quantitative estimate of drug-likeness (QED) is 0.645. The van der Waals surface area contributed by atoms with Gasteiger partial charge in [0.25, 0.3) is 5.91 Å². The minimum absolute atomic E-state index is 0.248. The van der Waals surface area contributed by atoms with Crippen LogP contribution in [0.25, 0.3) is 0 Å². The Balaban J connectivity index is 1.67. The Hall–Kier alpha value is -2.03. The van der Waals surface area contributed by atoms with Crippen LogP contribution in [0, 0.1) is 0 Å². The van der Waals surface area contributed by atoms with E-state index in [-0.39, 0.29) is 23.1 Å². The number of nitrogens with one attached hydrogen (secondary N) is 1. The van der Waals surface area contributed by atoms with Crippen LogP contribution in [-0.4, -0.2) is 48.9 Å². The molecule has 0 aromatic heterocycles. The zero-order valence-corrected chi connectivity index (χ0v) is 18.1. The molecule has 4 nitrogen and oxygen atoms in total. The number of rotatable bonds is 6. The summed E-state index contributed by atoms with van der Waals surface area (Å²) in [6.45, 7) is 2.91. The highest BCUT2D eigenvalue weighted by Gasteiger charge is 2.52. The molecule has 2 aliphatic heterocycles. The van der Waals surface area contributed by atoms with Gasteiger partial charge in [-0.15, -0.1) is 11.8 Å². The highest BCUT2D eigenvalue weighted by molar-refractivity contribution is 7.98. The Labute approximate surface area is 184 Å². The highest BCUT2D eigenvalue weighted by atomic mass is 32.2. The van der Waals surface area contributed by atoms with Gasteiger partial charge in [0.2, 0.25) is 0 Å². The highest BCUT2D eigenvalue weighted by Crippen LogP contribution is 2.40. The first-order valence-corrected chi connectivity index (χ1v) is 11.5. The predicted molar refractivity (Wildman–Crippen MR) is 114 cm³/mol. The fraction of sp³-hybridized carbons (Fsp3) is 0.435. The van der Waals surface area contributed by atoms with Gasteiger partial charge in [0.15, 0.2) is 0 Å². The minimum atomic E-state index is -4.45. The molecule has 166 valence electrons. The number of benzene rings is 2. The molecule has 0 bridgehead atoms. The summed E-state index contributed by atoms with van der Waals surface area (Å²) in [5, 5.41) is 3.15. The number of nitrogens with zero attached hydrogens (tertiary/aromatic N) is 1. The van der Waals surface area contributed by atoms with Gasteiger partial charge in [0.05, 0.1) is 35.9 Å². The molecule has 1 N–H and O–H groups in total. The molecular formula is C23H25F3N2O2S. The first-order chi connectivity index (χ1) is 14.8. The van der Waals surface area contributed by atoms with Gasteiger partial charge in [-0.1, -0.05) is 30.3 Å². The van der Waals surface area contributed by atoms with Gasteiger partial charge in [-0.3, -0.25) is 9.69 Å². The smallest absolute Gasteiger partial charge is 0.377 e. The van der Waals surface area contributed by atoms with Crippen molar-refractivity contribution in [1.82, 2.24) is 10.2 Å². The fourth-order valence-corrected chi connectivity index (χ4v) is 5.07. The van der Waals surface area contributed by atoms with Crippen molar-refractivity contribution in [3.8, 4) is 0 Å². The van der Waals surface area contributed by atoms with Crippen LogP contribution in [0.1, 0.15) is 40.4 Å². The molecule has 2 aliphatic rings. The second-order valence-corrected chi connectivity index (χ2v) is 8.87. The van der Waals surface area contributed by atoms with Crippen LogP contribution in [0.5, 0.6) is 0 Å². The van der Waals surface area contributed by atoms with Gasteiger partial charge in [0, 0.05) is 4.90 Å². The lowest BCUT2D eigenvalue weighted by atomic mass is 9.81. The van der Waals surface area contributed by atoms with E-state index in [2.05, 4.69) is 10.2 Å². The van der Waals surface area contributed by atoms with E-state index in [9.17, 15) is 18.0 Å². The number of likely N-dealkylation sites (tertiary alicyclic amines) is 1. The number of alkyl halides is 3. The van der Waals surface area contributed by atoms with E-state index in [0.717, 1.165) is 55.4 Å². The molecule has 1 amide bonds. The van der Waals surface area contributed by atoms with Crippen LogP contribution >= 0.6 is 11.8 Å². The Morgan fingerprint density at radius 2 is 1.81 bits per heavy atom. The maximum Gasteiger partial charge on any atom is 0.416 e. The number of carbonyl (C=O) groups excluding carboxylic acids is 1. The zero-order valence-electron chi connectivity index (χ0n) is 17.2. The standard InChI is InChI=1S/C23H25F3N2O2S/c1-31-19-13-17(23(24,25)26)9-10-18(19)21(29)27-20(16-7-3-2-4-8-16)22(14-30-15-22)28-11-5-6-12-28/h2-4,7-10,13,20H,5-6,11-12,14-15H2,1H3,(H,27,29). The summed E-state index contributed by atoms with van der Waals surface area (Å²) in [7, 11) is 0. The number of hydrogen-bond donors (Lipinski definition) is 1. The maximum atomic E-state index is 13.3. The number of carbonyl (C=O) groups is 1. The molecule has 2 aromatic rings. The summed E-state index contributed by atoms with van der Waals surface area (Å²) in [6, 6.07) is 12.7. The zero-order chi connectivity index (χ0) is 22.1. The topological polar surface area (TPSA) is 41.6 Å². The molecule has 2 fully saturated rings. The number of thioether (sulfide) groups is 1. The summed E-state index contributed by atoms with van der Waals surface area (Å²) >= 11 is 1.13. The van der Waals surface area contributed by atoms with E-state index in [1.54, 1.807) is 6.26 Å². The molecule has 4 rings (SSSR count). The first kappa shape index (κ1) is 22.2. The summed E-state index contributed by atoms with van der Waals surface area (Å²) in [5.74, 6) is -0.377. The van der Waals surface area contributed by atoms with Crippen LogP contribution in [0.4, 0.5) is 13.2 Å². The Bertz CT molecular complexity index is 926. The van der Waals surface area contributed by atoms with Crippen molar-refractivity contribution >= 4 is 17.7 Å². The molecule has 0 aliphatic carbocycles. The molecule has 1 atom stereocenters. The van der Waals surface area contributed by atoms with Gasteiger partial charge in [-0.25, -0.2) is 0 Å². The summed E-state index contributed by atoms with van der Waals surface area (Å²) in [4.78, 5) is 16.0. The molecule has 2 aromatic carbocycles. The van der Waals surface area contributed by atoms with Crippen LogP contribution in [0.2, 0.25) is 0 Å². The second-order valence-electron chi connectivity index (χ2n) is 8.02. The molecule has 0 spiro atoms. The van der Waals surface area contributed by atoms with Crippen molar-refractivity contribution in [2.75, 3.05) is 32.6 Å². The van der Waals surface area contributed by atoms with Gasteiger partial charge in [-0.05, 0) is 55.9 Å². The molecule has 1 unspecified atom stereocenters. The van der Waals surface area contributed by atoms with Crippen molar-refractivity contribution in [2.24, 2.45) is 0 Å². The number of hydrogen-bond acceptors (Lipinski definition) is 4. The van der Waals surface area contributed by atoms with Gasteiger partial charge in [0.1, 0.15) is 0 Å². The van der Waals surface area contributed by atoms with Crippen molar-refractivity contribution in [3.05, 3.63) is 65.2 Å². The van der Waals surface area contributed by atoms with E-state index in [1.807, 2.05) is 30.3 Å². The number of halogens is 3. The average Bonchev–Trinajstić information content (AvgIpc) is 3.26. The van der Waals surface area contributed by atoms with Crippen molar-refractivity contribution in [2.45, 2.75) is 35.5 Å². The third-order valence-electron chi connectivity index (χ3n) is 6.16. The number of amides is 1. The molecular weight excluding hydrogens is 425 g/mol. The maximum absolute atomic E-state index is 13.3. The Morgan fingerprint density at radius 1 is 1.13 bits per heavy atom. The second kappa shape index (κ2) is 8.84. The van der Waals surface area contributed by atoms with E-state index < -0.39 is 11.7 Å². The van der Waals surface area contributed by atoms with Crippen molar-refractivity contribution < 1.29 is 22.7 Å². The molecule has 2 heterocycles. The van der Waals surface area contributed by atoms with E-state index in [4.69, 9.17) is 4.74 Å². The van der Waals surface area contributed by atoms with Crippen LogP contribution < -0.4 is 5.32 Å². The lowest BCUT2D eigenvalue weighted by Crippen LogP contribution is -2.67. The third kappa shape index (κ3) is 4.33. The monoisotopic (exact) mass is 450 g/mol. The lowest BCUT2D eigenvalue weighted by Gasteiger charge is -2.53. The molecule has 0 radical (unpaired) electrons. The largest absolute Gasteiger partial charge is 0.416 e. The predicted octanol–water partition coefficient (Wildman–Crippen LogP) is 4.76. The Kier molecular flexibility index (Phi) is 6.32. The minimum Gasteiger partial charge on any atom is -0.377 e. The Morgan fingerprint density at radius 3 is 2.35 bits per heavy atom. The number of ether oxygens (including phenoxy) is 1. The SMILES string of the molecule is CSc1cc(C(F)(F)F)ccc1C(=O)NC(c1ccccc1)C1(N2CCCC2)COC1. The third-order valence-corrected chi connectivity index (χ3v) is 6.94. The van der Waals surface area contributed by atoms with Crippen LogP contribution in [0.3, 0.4) is 0 Å². The molecule has 2 saturated heterocycles. The van der Waals surface area contributed by atoms with Crippen molar-refractivity contribution in [3.63, 3.8) is 0 Å².